The van der Waals surface area contributed by atoms with E-state index in [9.17, 15) is 4.79 Å². The predicted octanol–water partition coefficient (Wildman–Crippen LogP) is 1.13. The first-order chi connectivity index (χ1) is 8.11. The zero-order chi connectivity index (χ0) is 12.4. The van der Waals surface area contributed by atoms with Crippen LogP contribution in [0.3, 0.4) is 0 Å². The third-order valence-corrected chi connectivity index (χ3v) is 2.98. The van der Waals surface area contributed by atoms with Gasteiger partial charge in [0.1, 0.15) is 5.76 Å². The summed E-state index contributed by atoms with van der Waals surface area (Å²) in [5, 5.41) is 6.78. The van der Waals surface area contributed by atoms with E-state index in [-0.39, 0.29) is 18.1 Å². The molecule has 1 aliphatic carbocycles. The molecule has 0 saturated heterocycles. The zero-order valence-electron chi connectivity index (χ0n) is 10.4. The summed E-state index contributed by atoms with van der Waals surface area (Å²) in [7, 11) is 0. The summed E-state index contributed by atoms with van der Waals surface area (Å²) in [6, 6.07) is 0.183. The van der Waals surface area contributed by atoms with E-state index in [0.717, 1.165) is 23.4 Å². The van der Waals surface area contributed by atoms with Gasteiger partial charge in [0, 0.05) is 12.2 Å². The van der Waals surface area contributed by atoms with Crippen molar-refractivity contribution in [3.8, 4) is 0 Å². The van der Waals surface area contributed by atoms with Gasteiger partial charge in [-0.25, -0.2) is 0 Å². The molecular weight excluding hydrogens is 220 g/mol. The highest BCUT2D eigenvalue weighted by atomic mass is 16.5. The van der Waals surface area contributed by atoms with Crippen molar-refractivity contribution in [3.05, 3.63) is 17.0 Å². The summed E-state index contributed by atoms with van der Waals surface area (Å²) in [4.78, 5) is 11.8. The fraction of sp³-hybridized carbons (Fsp3) is 0.667. The van der Waals surface area contributed by atoms with Gasteiger partial charge in [-0.3, -0.25) is 4.79 Å². The molecule has 0 bridgehead atoms. The third kappa shape index (κ3) is 2.85. The monoisotopic (exact) mass is 238 g/mol. The van der Waals surface area contributed by atoms with Crippen LogP contribution in [0.5, 0.6) is 0 Å². The molecule has 1 aromatic heterocycles. The topological polar surface area (TPSA) is 64.4 Å². The lowest BCUT2D eigenvalue weighted by molar-refractivity contribution is -0.120. The third-order valence-electron chi connectivity index (χ3n) is 2.98. The Hall–Kier alpha value is -1.36. The second-order valence-corrected chi connectivity index (χ2v) is 4.38. The molecule has 1 heterocycles. The number of carbonyl (C=O) groups is 1. The number of aryl methyl sites for hydroxylation is 2. The van der Waals surface area contributed by atoms with E-state index >= 15 is 0 Å². The van der Waals surface area contributed by atoms with E-state index in [2.05, 4.69) is 10.5 Å². The van der Waals surface area contributed by atoms with Crippen molar-refractivity contribution in [1.29, 1.82) is 0 Å². The van der Waals surface area contributed by atoms with Crippen LogP contribution < -0.4 is 5.32 Å². The molecule has 1 aromatic rings. The number of nitrogens with zero attached hydrogens (tertiary/aromatic N) is 1. The first-order valence-corrected chi connectivity index (χ1v) is 5.94. The second kappa shape index (κ2) is 4.87. The number of ether oxygens (including phenoxy) is 1. The minimum absolute atomic E-state index is 0.00611. The van der Waals surface area contributed by atoms with Crippen LogP contribution in [0.2, 0.25) is 0 Å². The van der Waals surface area contributed by atoms with E-state index < -0.39 is 0 Å². The van der Waals surface area contributed by atoms with Crippen LogP contribution in [-0.2, 0) is 16.0 Å². The fourth-order valence-corrected chi connectivity index (χ4v) is 1.89. The Kier molecular flexibility index (Phi) is 3.47. The minimum Gasteiger partial charge on any atom is -0.376 e. The summed E-state index contributed by atoms with van der Waals surface area (Å²) in [6.07, 6.45) is 1.45. The summed E-state index contributed by atoms with van der Waals surface area (Å²) in [6.45, 7) is 6.32. The van der Waals surface area contributed by atoms with Crippen molar-refractivity contribution in [2.45, 2.75) is 45.8 Å². The molecule has 0 aromatic carbocycles. The fourth-order valence-electron chi connectivity index (χ4n) is 1.89. The van der Waals surface area contributed by atoms with Gasteiger partial charge in [-0.1, -0.05) is 5.16 Å². The number of nitrogens with one attached hydrogen (secondary N) is 1. The normalized spacial score (nSPS) is 22.5. The highest BCUT2D eigenvalue weighted by Crippen LogP contribution is 2.25. The molecule has 1 amide bonds. The molecule has 5 nitrogen and oxygen atoms in total. The molecule has 0 aliphatic heterocycles. The van der Waals surface area contributed by atoms with Gasteiger partial charge in [0.05, 0.1) is 24.3 Å². The Morgan fingerprint density at radius 3 is 2.94 bits per heavy atom. The predicted molar refractivity (Wildman–Crippen MR) is 61.6 cm³/mol. The lowest BCUT2D eigenvalue weighted by atomic mass is 10.1. The van der Waals surface area contributed by atoms with Crippen molar-refractivity contribution >= 4 is 5.91 Å². The van der Waals surface area contributed by atoms with E-state index in [1.807, 2.05) is 20.8 Å². The first kappa shape index (κ1) is 12.1. The molecule has 0 unspecified atom stereocenters. The number of rotatable bonds is 5. The molecule has 1 N–H and O–H groups in total. The molecule has 2 atom stereocenters. The number of hydrogen-bond acceptors (Lipinski definition) is 4. The first-order valence-electron chi connectivity index (χ1n) is 5.94. The summed E-state index contributed by atoms with van der Waals surface area (Å²) < 4.78 is 10.4. The maximum absolute atomic E-state index is 11.8. The number of aromatic nitrogens is 1. The number of carbonyl (C=O) groups excluding carboxylic acids is 1. The van der Waals surface area contributed by atoms with Crippen LogP contribution in [0, 0.1) is 13.8 Å². The van der Waals surface area contributed by atoms with Gasteiger partial charge in [-0.15, -0.1) is 0 Å². The molecule has 17 heavy (non-hydrogen) atoms. The Morgan fingerprint density at radius 2 is 2.35 bits per heavy atom. The minimum atomic E-state index is 0.00611. The number of hydrogen-bond donors (Lipinski definition) is 1. The standard InChI is InChI=1S/C12H18N2O3/c1-4-16-11-6-10(11)13-12(15)5-9-7(2)14-17-8(9)3/h10-11H,4-6H2,1-3H3,(H,13,15)/t10-,11+/m0/s1. The summed E-state index contributed by atoms with van der Waals surface area (Å²) in [5.41, 5.74) is 1.67. The van der Waals surface area contributed by atoms with Gasteiger partial charge >= 0.3 is 0 Å². The summed E-state index contributed by atoms with van der Waals surface area (Å²) >= 11 is 0. The largest absolute Gasteiger partial charge is 0.376 e. The lowest BCUT2D eigenvalue weighted by Crippen LogP contribution is -2.29. The van der Waals surface area contributed by atoms with Gasteiger partial charge in [0.25, 0.3) is 0 Å². The molecule has 0 radical (unpaired) electrons. The molecule has 0 spiro atoms. The molecule has 2 rings (SSSR count). The molecule has 1 fully saturated rings. The lowest BCUT2D eigenvalue weighted by Gasteiger charge is -2.04. The van der Waals surface area contributed by atoms with E-state index in [1.54, 1.807) is 0 Å². The van der Waals surface area contributed by atoms with Crippen LogP contribution >= 0.6 is 0 Å². The Balaban J connectivity index is 1.83. The van der Waals surface area contributed by atoms with Crippen LogP contribution in [-0.4, -0.2) is 29.8 Å². The molecule has 94 valence electrons. The van der Waals surface area contributed by atoms with Gasteiger partial charge in [-0.05, 0) is 27.2 Å². The van der Waals surface area contributed by atoms with Gasteiger partial charge < -0.3 is 14.6 Å². The van der Waals surface area contributed by atoms with Crippen molar-refractivity contribution in [2.24, 2.45) is 0 Å². The Bertz CT molecular complexity index is 394. The number of amides is 1. The van der Waals surface area contributed by atoms with Gasteiger partial charge in [0.15, 0.2) is 0 Å². The molecule has 1 saturated carbocycles. The highest BCUT2D eigenvalue weighted by molar-refractivity contribution is 5.79. The smallest absolute Gasteiger partial charge is 0.224 e. The maximum atomic E-state index is 11.8. The average Bonchev–Trinajstić information content (AvgIpc) is 2.93. The van der Waals surface area contributed by atoms with Gasteiger partial charge in [0.2, 0.25) is 5.91 Å². The van der Waals surface area contributed by atoms with Gasteiger partial charge in [-0.2, -0.15) is 0 Å². The second-order valence-electron chi connectivity index (χ2n) is 4.38. The molecule has 5 heteroatoms. The Morgan fingerprint density at radius 1 is 1.59 bits per heavy atom. The van der Waals surface area contributed by atoms with Crippen LogP contribution in [0.25, 0.3) is 0 Å². The van der Waals surface area contributed by atoms with Crippen molar-refractivity contribution in [2.75, 3.05) is 6.61 Å². The van der Waals surface area contributed by atoms with E-state index in [0.29, 0.717) is 13.0 Å². The Labute approximate surface area is 101 Å². The summed E-state index contributed by atoms with van der Waals surface area (Å²) in [5.74, 6) is 0.724. The maximum Gasteiger partial charge on any atom is 0.224 e. The van der Waals surface area contributed by atoms with Crippen LogP contribution in [0.15, 0.2) is 4.52 Å². The van der Waals surface area contributed by atoms with E-state index in [1.165, 1.54) is 0 Å². The highest BCUT2D eigenvalue weighted by Gasteiger charge is 2.39. The quantitative estimate of drug-likeness (QED) is 0.835. The molecule has 1 aliphatic rings. The van der Waals surface area contributed by atoms with Crippen molar-refractivity contribution in [1.82, 2.24) is 10.5 Å². The van der Waals surface area contributed by atoms with Crippen LogP contribution in [0.1, 0.15) is 30.4 Å². The average molecular weight is 238 g/mol. The van der Waals surface area contributed by atoms with E-state index in [4.69, 9.17) is 9.26 Å². The SMILES string of the molecule is CCO[C@@H]1C[C@@H]1NC(=O)Cc1c(C)noc1C. The van der Waals surface area contributed by atoms with Crippen LogP contribution in [0.4, 0.5) is 0 Å². The van der Waals surface area contributed by atoms with Crippen molar-refractivity contribution < 1.29 is 14.1 Å². The zero-order valence-corrected chi connectivity index (χ0v) is 10.4. The molecular formula is C12H18N2O3. The van der Waals surface area contributed by atoms with Crippen molar-refractivity contribution in [3.63, 3.8) is 0 Å².